The van der Waals surface area contributed by atoms with Crippen LogP contribution in [0, 0.1) is 0 Å². The maximum absolute atomic E-state index is 11.4. The number of carboxylic acid groups (broad SMARTS) is 1. The quantitative estimate of drug-likeness (QED) is 0.613. The predicted octanol–water partition coefficient (Wildman–Crippen LogP) is 5.32. The van der Waals surface area contributed by atoms with Crippen LogP contribution < -0.4 is 4.74 Å². The van der Waals surface area contributed by atoms with Gasteiger partial charge in [-0.15, -0.1) is 0 Å². The molecule has 0 radical (unpaired) electrons. The zero-order valence-corrected chi connectivity index (χ0v) is 15.1. The number of ether oxygens (including phenoxy) is 1. The van der Waals surface area contributed by atoms with Gasteiger partial charge < -0.3 is 9.84 Å². The zero-order chi connectivity index (χ0) is 17.6. The van der Waals surface area contributed by atoms with Crippen molar-refractivity contribution in [2.24, 2.45) is 0 Å². The van der Waals surface area contributed by atoms with E-state index in [1.54, 1.807) is 12.1 Å². The van der Waals surface area contributed by atoms with Gasteiger partial charge in [0.2, 0.25) is 0 Å². The van der Waals surface area contributed by atoms with Crippen molar-refractivity contribution in [3.8, 4) is 5.75 Å². The molecule has 0 saturated heterocycles. The second kappa shape index (κ2) is 7.99. The highest BCUT2D eigenvalue weighted by Crippen LogP contribution is 2.33. The summed E-state index contributed by atoms with van der Waals surface area (Å²) in [4.78, 5) is 11.4. The second-order valence-electron chi connectivity index (χ2n) is 5.65. The molecule has 0 amide bonds. The molecule has 1 N–H and O–H groups in total. The number of rotatable bonds is 6. The molecule has 0 heterocycles. The predicted molar refractivity (Wildman–Crippen MR) is 101 cm³/mol. The number of halogens is 1. The average Bonchev–Trinajstić information content (AvgIpc) is 2.63. The second-order valence-corrected chi connectivity index (χ2v) is 6.44. The van der Waals surface area contributed by atoms with Crippen LogP contribution in [0.4, 0.5) is 0 Å². The standard InChI is InChI=1S/C21H17BrO3/c22-20-17(21(23)24)11-12-19(25-14-16-9-5-2-6-10-16)18(20)13-15-7-3-1-4-8-15/h1-12H,13-14H2,(H,23,24). The van der Waals surface area contributed by atoms with E-state index in [0.717, 1.165) is 16.7 Å². The molecule has 0 atom stereocenters. The summed E-state index contributed by atoms with van der Waals surface area (Å²) >= 11 is 3.46. The Morgan fingerprint density at radius 1 is 0.880 bits per heavy atom. The first-order valence-electron chi connectivity index (χ1n) is 7.90. The fraction of sp³-hybridized carbons (Fsp3) is 0.0952. The van der Waals surface area contributed by atoms with E-state index in [1.165, 1.54) is 0 Å². The molecule has 0 spiro atoms. The number of hydrogen-bond acceptors (Lipinski definition) is 2. The minimum absolute atomic E-state index is 0.234. The van der Waals surface area contributed by atoms with E-state index in [2.05, 4.69) is 15.9 Å². The molecule has 126 valence electrons. The van der Waals surface area contributed by atoms with Gasteiger partial charge in [-0.25, -0.2) is 4.79 Å². The lowest BCUT2D eigenvalue weighted by Gasteiger charge is -2.15. The molecular formula is C21H17BrO3. The van der Waals surface area contributed by atoms with Crippen LogP contribution >= 0.6 is 15.9 Å². The number of hydrogen-bond donors (Lipinski definition) is 1. The summed E-state index contributed by atoms with van der Waals surface area (Å²) < 4.78 is 6.55. The average molecular weight is 397 g/mol. The molecule has 25 heavy (non-hydrogen) atoms. The first kappa shape index (κ1) is 17.2. The van der Waals surface area contributed by atoms with Gasteiger partial charge in [-0.1, -0.05) is 60.7 Å². The molecule has 0 aliphatic carbocycles. The van der Waals surface area contributed by atoms with Crippen molar-refractivity contribution in [2.75, 3.05) is 0 Å². The Labute approximate surface area is 155 Å². The summed E-state index contributed by atoms with van der Waals surface area (Å²) in [5, 5.41) is 9.38. The molecule has 0 aliphatic heterocycles. The van der Waals surface area contributed by atoms with E-state index in [9.17, 15) is 9.90 Å². The third-order valence-electron chi connectivity index (χ3n) is 3.89. The molecule has 0 saturated carbocycles. The zero-order valence-electron chi connectivity index (χ0n) is 13.5. The summed E-state index contributed by atoms with van der Waals surface area (Å²) in [7, 11) is 0. The normalized spacial score (nSPS) is 10.4. The van der Waals surface area contributed by atoms with Gasteiger partial charge in [0.15, 0.2) is 0 Å². The molecule has 0 fully saturated rings. The first-order chi connectivity index (χ1) is 12.1. The van der Waals surface area contributed by atoms with Crippen molar-refractivity contribution in [3.63, 3.8) is 0 Å². The number of benzene rings is 3. The molecule has 4 heteroatoms. The Morgan fingerprint density at radius 3 is 2.08 bits per heavy atom. The van der Waals surface area contributed by atoms with Crippen molar-refractivity contribution < 1.29 is 14.6 Å². The minimum Gasteiger partial charge on any atom is -0.489 e. The summed E-state index contributed by atoms with van der Waals surface area (Å²) in [6.45, 7) is 0.432. The Kier molecular flexibility index (Phi) is 5.51. The minimum atomic E-state index is -0.962. The maximum Gasteiger partial charge on any atom is 0.336 e. The highest BCUT2D eigenvalue weighted by molar-refractivity contribution is 9.10. The van der Waals surface area contributed by atoms with E-state index in [1.807, 2.05) is 60.7 Å². The van der Waals surface area contributed by atoms with Crippen LogP contribution in [0.3, 0.4) is 0 Å². The topological polar surface area (TPSA) is 46.5 Å². The number of carboxylic acids is 1. The van der Waals surface area contributed by atoms with Crippen molar-refractivity contribution in [3.05, 3.63) is 99.5 Å². The lowest BCUT2D eigenvalue weighted by atomic mass is 10.0. The van der Waals surface area contributed by atoms with Crippen LogP contribution in [0.2, 0.25) is 0 Å². The summed E-state index contributed by atoms with van der Waals surface area (Å²) in [5.41, 5.74) is 3.22. The van der Waals surface area contributed by atoms with Gasteiger partial charge in [-0.3, -0.25) is 0 Å². The monoisotopic (exact) mass is 396 g/mol. The van der Waals surface area contributed by atoms with E-state index in [4.69, 9.17) is 4.74 Å². The molecule has 0 aromatic heterocycles. The van der Waals surface area contributed by atoms with E-state index < -0.39 is 5.97 Å². The third-order valence-corrected chi connectivity index (χ3v) is 4.80. The van der Waals surface area contributed by atoms with Crippen LogP contribution in [0.1, 0.15) is 27.0 Å². The Bertz CT molecular complexity index is 861. The van der Waals surface area contributed by atoms with Crippen LogP contribution in [-0.2, 0) is 13.0 Å². The van der Waals surface area contributed by atoms with E-state index in [0.29, 0.717) is 23.2 Å². The first-order valence-corrected chi connectivity index (χ1v) is 8.70. The molecule has 3 aromatic rings. The van der Waals surface area contributed by atoms with Crippen molar-refractivity contribution in [1.82, 2.24) is 0 Å². The summed E-state index contributed by atoms with van der Waals surface area (Å²) in [6.07, 6.45) is 0.590. The smallest absolute Gasteiger partial charge is 0.336 e. The van der Waals surface area contributed by atoms with Crippen molar-refractivity contribution >= 4 is 21.9 Å². The SMILES string of the molecule is O=C(O)c1ccc(OCc2ccccc2)c(Cc2ccccc2)c1Br. The molecule has 3 nitrogen and oxygen atoms in total. The van der Waals surface area contributed by atoms with Crippen molar-refractivity contribution in [1.29, 1.82) is 0 Å². The number of carbonyl (C=O) groups is 1. The fourth-order valence-electron chi connectivity index (χ4n) is 2.60. The third kappa shape index (κ3) is 4.28. The maximum atomic E-state index is 11.4. The van der Waals surface area contributed by atoms with Gasteiger partial charge >= 0.3 is 5.97 Å². The lowest BCUT2D eigenvalue weighted by Crippen LogP contribution is -2.05. The Balaban J connectivity index is 1.93. The van der Waals surface area contributed by atoms with Gasteiger partial charge in [0.25, 0.3) is 0 Å². The fourth-order valence-corrected chi connectivity index (χ4v) is 3.24. The van der Waals surface area contributed by atoms with Gasteiger partial charge in [-0.05, 0) is 39.2 Å². The van der Waals surface area contributed by atoms with Crippen LogP contribution in [-0.4, -0.2) is 11.1 Å². The Morgan fingerprint density at radius 2 is 1.48 bits per heavy atom. The summed E-state index contributed by atoms with van der Waals surface area (Å²) in [6, 6.07) is 23.1. The van der Waals surface area contributed by atoms with Gasteiger partial charge in [-0.2, -0.15) is 0 Å². The molecule has 0 unspecified atom stereocenters. The van der Waals surface area contributed by atoms with Crippen LogP contribution in [0.25, 0.3) is 0 Å². The highest BCUT2D eigenvalue weighted by Gasteiger charge is 2.17. The largest absolute Gasteiger partial charge is 0.489 e. The molecule has 3 aromatic carbocycles. The number of aromatic carboxylic acids is 1. The molecular weight excluding hydrogens is 380 g/mol. The summed E-state index contributed by atoms with van der Waals surface area (Å²) in [5.74, 6) is -0.277. The lowest BCUT2D eigenvalue weighted by molar-refractivity contribution is 0.0695. The van der Waals surface area contributed by atoms with Gasteiger partial charge in [0, 0.05) is 16.5 Å². The van der Waals surface area contributed by atoms with Crippen LogP contribution in [0.15, 0.2) is 77.3 Å². The molecule has 0 aliphatic rings. The van der Waals surface area contributed by atoms with Crippen LogP contribution in [0.5, 0.6) is 5.75 Å². The van der Waals surface area contributed by atoms with E-state index >= 15 is 0 Å². The molecule has 3 rings (SSSR count). The van der Waals surface area contributed by atoms with Gasteiger partial charge in [0.05, 0.1) is 5.56 Å². The Hall–Kier alpha value is -2.59. The van der Waals surface area contributed by atoms with E-state index in [-0.39, 0.29) is 5.56 Å². The highest BCUT2D eigenvalue weighted by atomic mass is 79.9. The van der Waals surface area contributed by atoms with Gasteiger partial charge in [0.1, 0.15) is 12.4 Å². The van der Waals surface area contributed by atoms with Crippen molar-refractivity contribution in [2.45, 2.75) is 13.0 Å². The molecule has 0 bridgehead atoms.